The standard InChI is InChI=1S/C16H19NO.C2H2O4/c1-12-7-8-15(9-13(12)2)17-11-14-5-4-6-16(10-14)18-3;3-1(4)2(5)6/h4-10,17H,11H2,1-3H3;(H,3,4)(H,5,6). The molecule has 0 aliphatic heterocycles. The predicted octanol–water partition coefficient (Wildman–Crippen LogP) is 3.08. The molecular formula is C18H21NO5. The molecule has 2 aromatic rings. The van der Waals surface area contributed by atoms with E-state index in [1.54, 1.807) is 7.11 Å². The van der Waals surface area contributed by atoms with Crippen molar-refractivity contribution in [2.75, 3.05) is 12.4 Å². The first-order chi connectivity index (χ1) is 11.3. The molecule has 2 rings (SSSR count). The monoisotopic (exact) mass is 331 g/mol. The van der Waals surface area contributed by atoms with Crippen LogP contribution in [-0.2, 0) is 16.1 Å². The molecule has 0 aliphatic carbocycles. The van der Waals surface area contributed by atoms with Gasteiger partial charge in [-0.15, -0.1) is 0 Å². The Morgan fingerprint density at radius 1 is 1.00 bits per heavy atom. The molecule has 0 saturated carbocycles. The van der Waals surface area contributed by atoms with E-state index in [9.17, 15) is 0 Å². The fraction of sp³-hybridized carbons (Fsp3) is 0.222. The summed E-state index contributed by atoms with van der Waals surface area (Å²) >= 11 is 0. The van der Waals surface area contributed by atoms with Crippen LogP contribution in [0.3, 0.4) is 0 Å². The molecule has 0 bridgehead atoms. The van der Waals surface area contributed by atoms with Crippen molar-refractivity contribution in [1.29, 1.82) is 0 Å². The minimum absolute atomic E-state index is 0.805. The van der Waals surface area contributed by atoms with Gasteiger partial charge >= 0.3 is 11.9 Å². The van der Waals surface area contributed by atoms with Gasteiger partial charge < -0.3 is 20.3 Å². The molecule has 0 saturated heterocycles. The lowest BCUT2D eigenvalue weighted by Gasteiger charge is -2.09. The number of nitrogens with one attached hydrogen (secondary N) is 1. The van der Waals surface area contributed by atoms with E-state index in [0.717, 1.165) is 18.0 Å². The zero-order chi connectivity index (χ0) is 18.1. The maximum Gasteiger partial charge on any atom is 0.414 e. The molecule has 6 heteroatoms. The number of benzene rings is 2. The first kappa shape index (κ1) is 19.0. The largest absolute Gasteiger partial charge is 0.497 e. The highest BCUT2D eigenvalue weighted by Gasteiger charge is 2.04. The summed E-state index contributed by atoms with van der Waals surface area (Å²) in [5.41, 5.74) is 5.00. The lowest BCUT2D eigenvalue weighted by atomic mass is 10.1. The normalized spacial score (nSPS) is 9.46. The van der Waals surface area contributed by atoms with Crippen LogP contribution in [0.4, 0.5) is 5.69 Å². The average Bonchev–Trinajstić information content (AvgIpc) is 2.56. The zero-order valence-corrected chi connectivity index (χ0v) is 13.9. The Balaban J connectivity index is 0.000000413. The third-order valence-electron chi connectivity index (χ3n) is 3.32. The molecular weight excluding hydrogens is 310 g/mol. The van der Waals surface area contributed by atoms with Gasteiger partial charge in [0, 0.05) is 12.2 Å². The number of carboxylic acid groups (broad SMARTS) is 2. The smallest absolute Gasteiger partial charge is 0.414 e. The van der Waals surface area contributed by atoms with Gasteiger partial charge in [-0.3, -0.25) is 0 Å². The molecule has 0 radical (unpaired) electrons. The highest BCUT2D eigenvalue weighted by molar-refractivity contribution is 6.27. The van der Waals surface area contributed by atoms with Gasteiger partial charge in [-0.05, 0) is 54.8 Å². The van der Waals surface area contributed by atoms with Crippen LogP contribution in [-0.4, -0.2) is 29.3 Å². The van der Waals surface area contributed by atoms with Gasteiger partial charge in [-0.1, -0.05) is 18.2 Å². The van der Waals surface area contributed by atoms with Crippen molar-refractivity contribution in [3.05, 3.63) is 59.2 Å². The highest BCUT2D eigenvalue weighted by Crippen LogP contribution is 2.17. The minimum atomic E-state index is -1.82. The fourth-order valence-corrected chi connectivity index (χ4v) is 1.84. The summed E-state index contributed by atoms with van der Waals surface area (Å²) in [7, 11) is 1.69. The van der Waals surface area contributed by atoms with Crippen LogP contribution >= 0.6 is 0 Å². The third kappa shape index (κ3) is 6.39. The summed E-state index contributed by atoms with van der Waals surface area (Å²) in [4.78, 5) is 18.2. The van der Waals surface area contributed by atoms with Gasteiger partial charge in [0.15, 0.2) is 0 Å². The Morgan fingerprint density at radius 2 is 1.67 bits per heavy atom. The number of methoxy groups -OCH3 is 1. The molecule has 24 heavy (non-hydrogen) atoms. The summed E-state index contributed by atoms with van der Waals surface area (Å²) in [6.07, 6.45) is 0. The van der Waals surface area contributed by atoms with E-state index in [1.165, 1.54) is 16.7 Å². The molecule has 0 fully saturated rings. The second-order valence-electron chi connectivity index (χ2n) is 5.11. The van der Waals surface area contributed by atoms with Gasteiger partial charge in [0.25, 0.3) is 0 Å². The first-order valence-corrected chi connectivity index (χ1v) is 7.23. The Bertz CT molecular complexity index is 700. The lowest BCUT2D eigenvalue weighted by molar-refractivity contribution is -0.159. The average molecular weight is 331 g/mol. The number of ether oxygens (including phenoxy) is 1. The minimum Gasteiger partial charge on any atom is -0.497 e. The number of aryl methyl sites for hydroxylation is 2. The van der Waals surface area contributed by atoms with Crippen LogP contribution < -0.4 is 10.1 Å². The number of anilines is 1. The molecule has 0 aliphatic rings. The van der Waals surface area contributed by atoms with Crippen LogP contribution in [0.25, 0.3) is 0 Å². The third-order valence-corrected chi connectivity index (χ3v) is 3.32. The Kier molecular flexibility index (Phi) is 7.29. The van der Waals surface area contributed by atoms with E-state index < -0.39 is 11.9 Å². The van der Waals surface area contributed by atoms with Crippen LogP contribution in [0, 0.1) is 13.8 Å². The number of carbonyl (C=O) groups is 2. The van der Waals surface area contributed by atoms with E-state index in [-0.39, 0.29) is 0 Å². The molecule has 0 unspecified atom stereocenters. The molecule has 2 aromatic carbocycles. The van der Waals surface area contributed by atoms with Gasteiger partial charge in [0.1, 0.15) is 5.75 Å². The molecule has 6 nitrogen and oxygen atoms in total. The van der Waals surface area contributed by atoms with Crippen LogP contribution in [0.2, 0.25) is 0 Å². The fourth-order valence-electron chi connectivity index (χ4n) is 1.84. The molecule has 0 atom stereocenters. The van der Waals surface area contributed by atoms with Gasteiger partial charge in [0.2, 0.25) is 0 Å². The van der Waals surface area contributed by atoms with Crippen molar-refractivity contribution < 1.29 is 24.5 Å². The SMILES string of the molecule is COc1cccc(CNc2ccc(C)c(C)c2)c1.O=C(O)C(=O)O. The Hall–Kier alpha value is -3.02. The Labute approximate surface area is 140 Å². The van der Waals surface area contributed by atoms with Gasteiger partial charge in [-0.25, -0.2) is 9.59 Å². The molecule has 3 N–H and O–H groups in total. The maximum absolute atomic E-state index is 9.10. The second kappa shape index (κ2) is 9.19. The summed E-state index contributed by atoms with van der Waals surface area (Å²) < 4.78 is 5.21. The number of rotatable bonds is 4. The molecule has 0 spiro atoms. The van der Waals surface area contributed by atoms with Gasteiger partial charge in [0.05, 0.1) is 7.11 Å². The number of carboxylic acids is 2. The predicted molar refractivity (Wildman–Crippen MR) is 91.5 cm³/mol. The summed E-state index contributed by atoms with van der Waals surface area (Å²) in [6.45, 7) is 5.06. The van der Waals surface area contributed by atoms with Crippen molar-refractivity contribution in [3.8, 4) is 5.75 Å². The van der Waals surface area contributed by atoms with E-state index in [4.69, 9.17) is 24.5 Å². The summed E-state index contributed by atoms with van der Waals surface area (Å²) in [5, 5.41) is 18.2. The molecule has 0 aromatic heterocycles. The van der Waals surface area contributed by atoms with Crippen molar-refractivity contribution in [2.24, 2.45) is 0 Å². The number of hydrogen-bond donors (Lipinski definition) is 3. The summed E-state index contributed by atoms with van der Waals surface area (Å²) in [5.74, 6) is -2.75. The highest BCUT2D eigenvalue weighted by atomic mass is 16.5. The maximum atomic E-state index is 9.10. The van der Waals surface area contributed by atoms with E-state index in [0.29, 0.717) is 0 Å². The zero-order valence-electron chi connectivity index (χ0n) is 13.9. The summed E-state index contributed by atoms with van der Waals surface area (Å²) in [6, 6.07) is 14.5. The molecule has 0 heterocycles. The Morgan fingerprint density at radius 3 is 2.21 bits per heavy atom. The van der Waals surface area contributed by atoms with E-state index >= 15 is 0 Å². The van der Waals surface area contributed by atoms with Crippen LogP contribution in [0.5, 0.6) is 5.75 Å². The quantitative estimate of drug-likeness (QED) is 0.745. The first-order valence-electron chi connectivity index (χ1n) is 7.23. The topological polar surface area (TPSA) is 95.9 Å². The van der Waals surface area contributed by atoms with Gasteiger partial charge in [-0.2, -0.15) is 0 Å². The number of hydrogen-bond acceptors (Lipinski definition) is 4. The van der Waals surface area contributed by atoms with Crippen LogP contribution in [0.15, 0.2) is 42.5 Å². The van der Waals surface area contributed by atoms with Crippen molar-refractivity contribution >= 4 is 17.6 Å². The number of aliphatic carboxylic acids is 2. The van der Waals surface area contributed by atoms with E-state index in [2.05, 4.69) is 43.4 Å². The lowest BCUT2D eigenvalue weighted by Crippen LogP contribution is -2.09. The van der Waals surface area contributed by atoms with Crippen LogP contribution in [0.1, 0.15) is 16.7 Å². The van der Waals surface area contributed by atoms with Crippen molar-refractivity contribution in [2.45, 2.75) is 20.4 Å². The molecule has 128 valence electrons. The molecule has 0 amide bonds. The van der Waals surface area contributed by atoms with Crippen molar-refractivity contribution in [3.63, 3.8) is 0 Å². The second-order valence-corrected chi connectivity index (χ2v) is 5.11. The van der Waals surface area contributed by atoms with E-state index in [1.807, 2.05) is 18.2 Å². The van der Waals surface area contributed by atoms with Crippen molar-refractivity contribution in [1.82, 2.24) is 0 Å².